The normalized spacial score (nSPS) is 21.7. The Morgan fingerprint density at radius 2 is 2.22 bits per heavy atom. The molecule has 0 bridgehead atoms. The number of ether oxygens (including phenoxy) is 1. The van der Waals surface area contributed by atoms with E-state index in [-0.39, 0.29) is 18.6 Å². The number of thiocarbonyl (C=S) groups is 1. The van der Waals surface area contributed by atoms with Gasteiger partial charge in [-0.15, -0.1) is 0 Å². The minimum atomic E-state index is -0.412. The van der Waals surface area contributed by atoms with Gasteiger partial charge in [0.15, 0.2) is 0 Å². The molecule has 0 unspecified atom stereocenters. The number of amides is 2. The first-order chi connectivity index (χ1) is 13.0. The molecule has 27 heavy (non-hydrogen) atoms. The molecular formula is C19H19N3O3S2. The highest BCUT2D eigenvalue weighted by Gasteiger charge is 2.34. The molecule has 1 atom stereocenters. The molecule has 2 aliphatic heterocycles. The van der Waals surface area contributed by atoms with Crippen LogP contribution in [0.1, 0.15) is 18.4 Å². The van der Waals surface area contributed by atoms with Crippen molar-refractivity contribution in [3.05, 3.63) is 40.9 Å². The zero-order chi connectivity index (χ0) is 19.0. The van der Waals surface area contributed by atoms with E-state index in [1.807, 2.05) is 36.5 Å². The topological polar surface area (TPSA) is 77.6 Å². The molecule has 0 radical (unpaired) electrons. The van der Waals surface area contributed by atoms with E-state index in [4.69, 9.17) is 22.7 Å². The van der Waals surface area contributed by atoms with Gasteiger partial charge in [0.05, 0.1) is 17.6 Å². The highest BCUT2D eigenvalue weighted by Crippen LogP contribution is 2.35. The fourth-order valence-corrected chi connectivity index (χ4v) is 4.75. The Morgan fingerprint density at radius 3 is 2.96 bits per heavy atom. The van der Waals surface area contributed by atoms with Crippen molar-refractivity contribution in [1.82, 2.24) is 9.47 Å². The standard InChI is InChI=1S/C19H19N3O3S2/c20-17(23)11-21-9-12(14-5-1-2-6-15(14)21)8-16-18(24)22(19(26)27-16)10-13-4-3-7-25-13/h1-2,5-6,8-9,13H,3-4,7,10-11H2,(H2,20,23)/b16-8-/t13-/m1/s1. The van der Waals surface area contributed by atoms with E-state index in [2.05, 4.69) is 0 Å². The van der Waals surface area contributed by atoms with Crippen LogP contribution in [0.4, 0.5) is 0 Å². The van der Waals surface area contributed by atoms with Crippen molar-refractivity contribution in [1.29, 1.82) is 0 Å². The number of nitrogens with two attached hydrogens (primary N) is 1. The summed E-state index contributed by atoms with van der Waals surface area (Å²) in [5.74, 6) is -0.502. The van der Waals surface area contributed by atoms with Crippen LogP contribution in [0.15, 0.2) is 35.4 Å². The minimum Gasteiger partial charge on any atom is -0.376 e. The Hall–Kier alpha value is -2.16. The first kappa shape index (κ1) is 18.2. The molecule has 2 fully saturated rings. The van der Waals surface area contributed by atoms with Crippen molar-refractivity contribution in [3.63, 3.8) is 0 Å². The SMILES string of the molecule is NC(=O)Cn1cc(/C=C2\SC(=S)N(C[C@H]3CCCO3)C2=O)c2ccccc21. The van der Waals surface area contributed by atoms with Crippen molar-refractivity contribution in [2.75, 3.05) is 13.2 Å². The summed E-state index contributed by atoms with van der Waals surface area (Å²) in [4.78, 5) is 26.4. The van der Waals surface area contributed by atoms with Crippen LogP contribution in [0.5, 0.6) is 0 Å². The van der Waals surface area contributed by atoms with Crippen molar-refractivity contribution in [2.24, 2.45) is 5.73 Å². The number of carbonyl (C=O) groups excluding carboxylic acids is 2. The molecule has 2 saturated heterocycles. The summed E-state index contributed by atoms with van der Waals surface area (Å²) >= 11 is 6.71. The van der Waals surface area contributed by atoms with Crippen LogP contribution >= 0.6 is 24.0 Å². The smallest absolute Gasteiger partial charge is 0.266 e. The number of benzene rings is 1. The van der Waals surface area contributed by atoms with Gasteiger partial charge in [0, 0.05) is 29.3 Å². The van der Waals surface area contributed by atoms with Gasteiger partial charge in [-0.1, -0.05) is 42.2 Å². The predicted molar refractivity (Wildman–Crippen MR) is 110 cm³/mol. The lowest BCUT2D eigenvalue weighted by Gasteiger charge is -2.18. The third kappa shape index (κ3) is 3.65. The average molecular weight is 402 g/mol. The molecular weight excluding hydrogens is 382 g/mol. The van der Waals surface area contributed by atoms with Crippen LogP contribution in [0.3, 0.4) is 0 Å². The molecule has 0 spiro atoms. The number of primary amides is 1. The van der Waals surface area contributed by atoms with Gasteiger partial charge in [-0.05, 0) is 25.0 Å². The van der Waals surface area contributed by atoms with Crippen molar-refractivity contribution >= 4 is 57.1 Å². The number of rotatable bonds is 5. The summed E-state index contributed by atoms with van der Waals surface area (Å²) < 4.78 is 7.99. The largest absolute Gasteiger partial charge is 0.376 e. The van der Waals surface area contributed by atoms with E-state index in [1.54, 1.807) is 9.47 Å². The first-order valence-electron chi connectivity index (χ1n) is 8.76. The number of aromatic nitrogens is 1. The third-order valence-corrected chi connectivity index (χ3v) is 6.09. The average Bonchev–Trinajstić information content (AvgIpc) is 3.32. The van der Waals surface area contributed by atoms with E-state index in [0.29, 0.717) is 15.8 Å². The second kappa shape index (κ2) is 7.46. The molecule has 1 aromatic carbocycles. The lowest BCUT2D eigenvalue weighted by Crippen LogP contribution is -2.35. The van der Waals surface area contributed by atoms with E-state index in [0.717, 1.165) is 35.9 Å². The molecule has 3 heterocycles. The molecule has 6 nitrogen and oxygen atoms in total. The molecule has 2 N–H and O–H groups in total. The lowest BCUT2D eigenvalue weighted by atomic mass is 10.1. The van der Waals surface area contributed by atoms with Gasteiger partial charge in [-0.25, -0.2) is 0 Å². The van der Waals surface area contributed by atoms with Crippen LogP contribution in [0.2, 0.25) is 0 Å². The molecule has 0 aliphatic carbocycles. The number of para-hydroxylation sites is 1. The maximum Gasteiger partial charge on any atom is 0.266 e. The van der Waals surface area contributed by atoms with Crippen LogP contribution in [0.25, 0.3) is 17.0 Å². The second-order valence-corrected chi connectivity index (χ2v) is 8.30. The van der Waals surface area contributed by atoms with Gasteiger partial charge in [-0.3, -0.25) is 14.5 Å². The van der Waals surface area contributed by atoms with E-state index >= 15 is 0 Å². The van der Waals surface area contributed by atoms with Crippen molar-refractivity contribution < 1.29 is 14.3 Å². The van der Waals surface area contributed by atoms with Crippen molar-refractivity contribution in [2.45, 2.75) is 25.5 Å². The summed E-state index contributed by atoms with van der Waals surface area (Å²) in [6.45, 7) is 1.34. The number of hydrogen-bond donors (Lipinski definition) is 1. The van der Waals surface area contributed by atoms with Crippen molar-refractivity contribution in [3.8, 4) is 0 Å². The Morgan fingerprint density at radius 1 is 1.41 bits per heavy atom. The van der Waals surface area contributed by atoms with E-state index in [9.17, 15) is 9.59 Å². The number of nitrogens with zero attached hydrogens (tertiary/aromatic N) is 2. The van der Waals surface area contributed by atoms with Gasteiger partial charge in [0.1, 0.15) is 10.9 Å². The summed E-state index contributed by atoms with van der Waals surface area (Å²) in [6.07, 6.45) is 5.73. The fourth-order valence-electron chi connectivity index (χ4n) is 3.48. The van der Waals surface area contributed by atoms with Gasteiger partial charge in [0.2, 0.25) is 5.91 Å². The summed E-state index contributed by atoms with van der Waals surface area (Å²) in [5, 5.41) is 0.961. The Bertz CT molecular complexity index is 960. The minimum absolute atomic E-state index is 0.0596. The molecule has 8 heteroatoms. The lowest BCUT2D eigenvalue weighted by molar-refractivity contribution is -0.123. The maximum absolute atomic E-state index is 12.8. The summed E-state index contributed by atoms with van der Waals surface area (Å²) in [6, 6.07) is 7.73. The Kier molecular flexibility index (Phi) is 5.03. The Labute approximate surface area is 166 Å². The molecule has 2 amide bonds. The monoisotopic (exact) mass is 401 g/mol. The van der Waals surface area contributed by atoms with Gasteiger partial charge >= 0.3 is 0 Å². The highest BCUT2D eigenvalue weighted by atomic mass is 32.2. The third-order valence-electron chi connectivity index (χ3n) is 4.72. The zero-order valence-corrected chi connectivity index (χ0v) is 16.2. The molecule has 1 aromatic heterocycles. The zero-order valence-electron chi connectivity index (χ0n) is 14.6. The number of thioether (sulfide) groups is 1. The fraction of sp³-hybridized carbons (Fsp3) is 0.316. The summed E-state index contributed by atoms with van der Waals surface area (Å²) in [7, 11) is 0. The predicted octanol–water partition coefficient (Wildman–Crippen LogP) is 2.51. The van der Waals surface area contributed by atoms with Gasteiger partial charge < -0.3 is 15.0 Å². The molecule has 0 saturated carbocycles. The first-order valence-corrected chi connectivity index (χ1v) is 9.98. The summed E-state index contributed by atoms with van der Waals surface area (Å²) in [5.41, 5.74) is 7.12. The molecule has 2 aliphatic rings. The molecule has 2 aromatic rings. The van der Waals surface area contributed by atoms with Gasteiger partial charge in [-0.2, -0.15) is 0 Å². The van der Waals surface area contributed by atoms with E-state index in [1.165, 1.54) is 11.8 Å². The maximum atomic E-state index is 12.8. The molecule has 140 valence electrons. The molecule has 4 rings (SSSR count). The number of carbonyl (C=O) groups is 2. The van der Waals surface area contributed by atoms with Crippen LogP contribution in [-0.4, -0.2) is 44.9 Å². The van der Waals surface area contributed by atoms with Crippen LogP contribution in [-0.2, 0) is 20.9 Å². The Balaban J connectivity index is 1.64. The quantitative estimate of drug-likeness (QED) is 0.615. The van der Waals surface area contributed by atoms with Gasteiger partial charge in [0.25, 0.3) is 5.91 Å². The van der Waals surface area contributed by atoms with E-state index < -0.39 is 5.91 Å². The number of hydrogen-bond acceptors (Lipinski definition) is 5. The second-order valence-electron chi connectivity index (χ2n) is 6.62. The number of fused-ring (bicyclic) bond motifs is 1. The van der Waals surface area contributed by atoms with Crippen LogP contribution in [0, 0.1) is 0 Å². The highest BCUT2D eigenvalue weighted by molar-refractivity contribution is 8.26. The van der Waals surface area contributed by atoms with Crippen LogP contribution < -0.4 is 5.73 Å².